The summed E-state index contributed by atoms with van der Waals surface area (Å²) in [7, 11) is 0. The molecule has 0 saturated carbocycles. The molecule has 1 saturated heterocycles. The van der Waals surface area contributed by atoms with Crippen LogP contribution in [0.3, 0.4) is 0 Å². The molecule has 1 aliphatic rings. The minimum Gasteiger partial charge on any atom is -0.395 e. The monoisotopic (exact) mass is 277 g/mol. The van der Waals surface area contributed by atoms with Crippen LogP contribution >= 0.6 is 0 Å². The van der Waals surface area contributed by atoms with E-state index in [0.29, 0.717) is 12.5 Å². The molecule has 0 unspecified atom stereocenters. The van der Waals surface area contributed by atoms with Crippen LogP contribution < -0.4 is 5.32 Å². The smallest absolute Gasteiger partial charge is 0.219 e. The number of hydrogen-bond donors (Lipinski definition) is 2. The standard InChI is InChI=1S/C15H23N3O2/c1-12(20)18-5-2-3-13(11-18)7-14-8-15(10-16-9-14)17-4-6-19/h8-10,13,17,19H,2-7,11H2,1H3/t13-/m1/s1. The lowest BCUT2D eigenvalue weighted by atomic mass is 9.92. The predicted molar refractivity (Wildman–Crippen MR) is 78.5 cm³/mol. The third-order valence-electron chi connectivity index (χ3n) is 3.72. The molecule has 0 radical (unpaired) electrons. The molecule has 1 atom stereocenters. The van der Waals surface area contributed by atoms with Crippen LogP contribution in [0.25, 0.3) is 0 Å². The van der Waals surface area contributed by atoms with E-state index in [1.54, 1.807) is 13.1 Å². The van der Waals surface area contributed by atoms with Gasteiger partial charge in [-0.2, -0.15) is 0 Å². The van der Waals surface area contributed by atoms with Gasteiger partial charge in [0.1, 0.15) is 0 Å². The van der Waals surface area contributed by atoms with Crippen molar-refractivity contribution in [3.8, 4) is 0 Å². The number of aliphatic hydroxyl groups excluding tert-OH is 1. The third-order valence-corrected chi connectivity index (χ3v) is 3.72. The van der Waals surface area contributed by atoms with Crippen LogP contribution in [0, 0.1) is 5.92 Å². The van der Waals surface area contributed by atoms with Gasteiger partial charge in [0.25, 0.3) is 0 Å². The summed E-state index contributed by atoms with van der Waals surface area (Å²) in [5, 5.41) is 11.9. The van der Waals surface area contributed by atoms with Crippen molar-refractivity contribution >= 4 is 11.6 Å². The fourth-order valence-electron chi connectivity index (χ4n) is 2.75. The molecule has 2 heterocycles. The van der Waals surface area contributed by atoms with Gasteiger partial charge in [0.05, 0.1) is 12.3 Å². The molecule has 1 amide bonds. The molecule has 1 fully saturated rings. The van der Waals surface area contributed by atoms with E-state index in [9.17, 15) is 4.79 Å². The summed E-state index contributed by atoms with van der Waals surface area (Å²) in [5.74, 6) is 0.689. The Morgan fingerprint density at radius 1 is 1.55 bits per heavy atom. The minimum atomic E-state index is 0.112. The number of rotatable bonds is 5. The highest BCUT2D eigenvalue weighted by molar-refractivity contribution is 5.73. The van der Waals surface area contributed by atoms with Crippen molar-refractivity contribution in [3.63, 3.8) is 0 Å². The molecular weight excluding hydrogens is 254 g/mol. The first-order valence-electron chi connectivity index (χ1n) is 7.23. The molecule has 110 valence electrons. The number of aliphatic hydroxyl groups is 1. The number of aromatic nitrogens is 1. The van der Waals surface area contributed by atoms with Crippen molar-refractivity contribution in [1.82, 2.24) is 9.88 Å². The van der Waals surface area contributed by atoms with E-state index in [4.69, 9.17) is 5.11 Å². The number of carbonyl (C=O) groups excluding carboxylic acids is 1. The van der Waals surface area contributed by atoms with Gasteiger partial charge in [-0.05, 0) is 36.8 Å². The Balaban J connectivity index is 1.93. The third kappa shape index (κ3) is 4.20. The number of amides is 1. The van der Waals surface area contributed by atoms with E-state index in [2.05, 4.69) is 16.4 Å². The van der Waals surface area contributed by atoms with Gasteiger partial charge < -0.3 is 15.3 Å². The molecule has 2 rings (SSSR count). The number of carbonyl (C=O) groups is 1. The summed E-state index contributed by atoms with van der Waals surface area (Å²) in [6, 6.07) is 2.08. The second kappa shape index (κ2) is 7.24. The molecule has 2 N–H and O–H groups in total. The first-order chi connectivity index (χ1) is 9.69. The van der Waals surface area contributed by atoms with E-state index in [1.165, 1.54) is 5.56 Å². The van der Waals surface area contributed by atoms with Gasteiger partial charge in [-0.1, -0.05) is 0 Å². The van der Waals surface area contributed by atoms with Crippen molar-refractivity contribution in [2.24, 2.45) is 5.92 Å². The van der Waals surface area contributed by atoms with Gasteiger partial charge >= 0.3 is 0 Å². The molecule has 20 heavy (non-hydrogen) atoms. The number of hydrogen-bond acceptors (Lipinski definition) is 4. The van der Waals surface area contributed by atoms with E-state index >= 15 is 0 Å². The van der Waals surface area contributed by atoms with Crippen LogP contribution in [0.1, 0.15) is 25.3 Å². The van der Waals surface area contributed by atoms with Gasteiger partial charge in [-0.25, -0.2) is 0 Å². The van der Waals surface area contributed by atoms with E-state index in [1.807, 2.05) is 11.1 Å². The molecule has 1 aromatic heterocycles. The Labute approximate surface area is 120 Å². The van der Waals surface area contributed by atoms with Crippen LogP contribution in [-0.4, -0.2) is 47.1 Å². The first kappa shape index (κ1) is 14.8. The second-order valence-electron chi connectivity index (χ2n) is 5.41. The van der Waals surface area contributed by atoms with Crippen molar-refractivity contribution < 1.29 is 9.90 Å². The van der Waals surface area contributed by atoms with Gasteiger partial charge in [-0.3, -0.25) is 9.78 Å². The Kier molecular flexibility index (Phi) is 5.35. The number of likely N-dealkylation sites (tertiary alicyclic amines) is 1. The Morgan fingerprint density at radius 3 is 3.15 bits per heavy atom. The zero-order valence-electron chi connectivity index (χ0n) is 12.0. The number of piperidine rings is 1. The highest BCUT2D eigenvalue weighted by Crippen LogP contribution is 2.21. The maximum Gasteiger partial charge on any atom is 0.219 e. The summed E-state index contributed by atoms with van der Waals surface area (Å²) in [4.78, 5) is 17.6. The molecular formula is C15H23N3O2. The summed E-state index contributed by atoms with van der Waals surface area (Å²) in [5.41, 5.74) is 2.12. The normalized spacial score (nSPS) is 18.9. The molecule has 0 spiro atoms. The minimum absolute atomic E-state index is 0.112. The lowest BCUT2D eigenvalue weighted by Gasteiger charge is -2.32. The van der Waals surface area contributed by atoms with Crippen LogP contribution in [0.15, 0.2) is 18.5 Å². The zero-order chi connectivity index (χ0) is 14.4. The fraction of sp³-hybridized carbons (Fsp3) is 0.600. The molecule has 0 aliphatic carbocycles. The number of anilines is 1. The SMILES string of the molecule is CC(=O)N1CCC[C@H](Cc2cncc(NCCO)c2)C1. The van der Waals surface area contributed by atoms with Crippen molar-refractivity contribution in [2.45, 2.75) is 26.2 Å². The Morgan fingerprint density at radius 2 is 2.40 bits per heavy atom. The second-order valence-corrected chi connectivity index (χ2v) is 5.41. The molecule has 5 nitrogen and oxygen atoms in total. The Hall–Kier alpha value is -1.62. The highest BCUT2D eigenvalue weighted by Gasteiger charge is 2.21. The number of nitrogens with one attached hydrogen (secondary N) is 1. The summed E-state index contributed by atoms with van der Waals surface area (Å²) in [6.07, 6.45) is 6.85. The quantitative estimate of drug-likeness (QED) is 0.851. The summed E-state index contributed by atoms with van der Waals surface area (Å²) < 4.78 is 0. The van der Waals surface area contributed by atoms with E-state index in [0.717, 1.165) is 38.0 Å². The largest absolute Gasteiger partial charge is 0.395 e. The highest BCUT2D eigenvalue weighted by atomic mass is 16.3. The van der Waals surface area contributed by atoms with Crippen LogP contribution in [0.5, 0.6) is 0 Å². The fourth-order valence-corrected chi connectivity index (χ4v) is 2.75. The van der Waals surface area contributed by atoms with Gasteiger partial charge in [0, 0.05) is 39.0 Å². The van der Waals surface area contributed by atoms with E-state index in [-0.39, 0.29) is 12.5 Å². The van der Waals surface area contributed by atoms with Gasteiger partial charge in [0.2, 0.25) is 5.91 Å². The zero-order valence-corrected chi connectivity index (χ0v) is 12.0. The molecule has 0 bridgehead atoms. The number of nitrogens with zero attached hydrogens (tertiary/aromatic N) is 2. The van der Waals surface area contributed by atoms with Gasteiger partial charge in [-0.15, -0.1) is 0 Å². The van der Waals surface area contributed by atoms with Crippen LogP contribution in [0.2, 0.25) is 0 Å². The molecule has 1 aliphatic heterocycles. The summed E-state index contributed by atoms with van der Waals surface area (Å²) >= 11 is 0. The topological polar surface area (TPSA) is 65.5 Å². The predicted octanol–water partition coefficient (Wildman–Crippen LogP) is 1.29. The average Bonchev–Trinajstić information content (AvgIpc) is 2.46. The van der Waals surface area contributed by atoms with Crippen LogP contribution in [0.4, 0.5) is 5.69 Å². The van der Waals surface area contributed by atoms with Crippen LogP contribution in [-0.2, 0) is 11.2 Å². The first-order valence-corrected chi connectivity index (χ1v) is 7.23. The maximum absolute atomic E-state index is 11.4. The molecule has 1 aromatic rings. The summed E-state index contributed by atoms with van der Waals surface area (Å²) in [6.45, 7) is 4.03. The molecule has 5 heteroatoms. The van der Waals surface area contributed by atoms with Gasteiger partial charge in [0.15, 0.2) is 0 Å². The van der Waals surface area contributed by atoms with Crippen molar-refractivity contribution in [3.05, 3.63) is 24.0 Å². The van der Waals surface area contributed by atoms with E-state index < -0.39 is 0 Å². The van der Waals surface area contributed by atoms with Crippen molar-refractivity contribution in [1.29, 1.82) is 0 Å². The van der Waals surface area contributed by atoms with Crippen molar-refractivity contribution in [2.75, 3.05) is 31.6 Å². The maximum atomic E-state index is 11.4. The average molecular weight is 277 g/mol. The molecule has 0 aromatic carbocycles. The lowest BCUT2D eigenvalue weighted by molar-refractivity contribution is -0.130. The lowest BCUT2D eigenvalue weighted by Crippen LogP contribution is -2.39. The Bertz CT molecular complexity index is 450. The number of pyridine rings is 1.